The van der Waals surface area contributed by atoms with E-state index in [-0.39, 0.29) is 11.9 Å². The summed E-state index contributed by atoms with van der Waals surface area (Å²) in [4.78, 5) is 19.0. The molecule has 2 aromatic heterocycles. The zero-order valence-electron chi connectivity index (χ0n) is 15.2. The summed E-state index contributed by atoms with van der Waals surface area (Å²) in [5.74, 6) is 1.55. The lowest BCUT2D eigenvalue weighted by Crippen LogP contribution is -2.34. The number of hydrogen-bond donors (Lipinski definition) is 1. The van der Waals surface area contributed by atoms with Crippen molar-refractivity contribution in [2.45, 2.75) is 19.4 Å². The third-order valence-electron chi connectivity index (χ3n) is 4.15. The first-order valence-electron chi connectivity index (χ1n) is 8.52. The van der Waals surface area contributed by atoms with Crippen molar-refractivity contribution >= 4 is 17.2 Å². The molecule has 136 valence electrons. The lowest BCUT2D eigenvalue weighted by Gasteiger charge is -2.22. The molecular weight excluding hydrogens is 346 g/mol. The summed E-state index contributed by atoms with van der Waals surface area (Å²) in [5, 5.41) is 5.72. The molecule has 0 aliphatic carbocycles. The fraction of sp³-hybridized carbons (Fsp3) is 0.300. The predicted octanol–water partition coefficient (Wildman–Crippen LogP) is 3.67. The molecular formula is C20H23N3O2S. The number of aromatic nitrogens is 1. The van der Waals surface area contributed by atoms with Gasteiger partial charge in [-0.15, -0.1) is 11.3 Å². The highest BCUT2D eigenvalue weighted by Crippen LogP contribution is 2.20. The predicted molar refractivity (Wildman–Crippen MR) is 104 cm³/mol. The van der Waals surface area contributed by atoms with Crippen LogP contribution in [-0.2, 0) is 6.42 Å². The molecule has 0 fully saturated rings. The maximum atomic E-state index is 12.5. The Morgan fingerprint density at radius 3 is 2.65 bits per heavy atom. The Balaban J connectivity index is 1.61. The number of rotatable bonds is 7. The zero-order valence-corrected chi connectivity index (χ0v) is 16.0. The molecule has 0 saturated carbocycles. The molecule has 3 rings (SSSR count). The van der Waals surface area contributed by atoms with Crippen molar-refractivity contribution in [3.63, 3.8) is 0 Å². The van der Waals surface area contributed by atoms with Gasteiger partial charge < -0.3 is 9.73 Å². The van der Waals surface area contributed by atoms with E-state index in [4.69, 9.17) is 4.42 Å². The van der Waals surface area contributed by atoms with E-state index in [9.17, 15) is 4.79 Å². The SMILES string of the molecule is Cc1ccc([C@@H](CNC(=O)c2csc(Cc3ccccc3)n2)N(C)C)o1. The van der Waals surface area contributed by atoms with Crippen molar-refractivity contribution < 1.29 is 9.21 Å². The smallest absolute Gasteiger partial charge is 0.270 e. The van der Waals surface area contributed by atoms with Crippen LogP contribution in [0, 0.1) is 6.92 Å². The highest BCUT2D eigenvalue weighted by atomic mass is 32.1. The van der Waals surface area contributed by atoms with Crippen LogP contribution in [0.2, 0.25) is 0 Å². The number of nitrogens with zero attached hydrogens (tertiary/aromatic N) is 2. The van der Waals surface area contributed by atoms with Crippen molar-refractivity contribution in [3.05, 3.63) is 75.6 Å². The molecule has 1 atom stereocenters. The number of likely N-dealkylation sites (N-methyl/N-ethyl adjacent to an activating group) is 1. The van der Waals surface area contributed by atoms with Crippen molar-refractivity contribution in [3.8, 4) is 0 Å². The second kappa shape index (κ2) is 8.29. The summed E-state index contributed by atoms with van der Waals surface area (Å²) in [6, 6.07) is 14.0. The van der Waals surface area contributed by atoms with Crippen LogP contribution in [-0.4, -0.2) is 36.4 Å². The van der Waals surface area contributed by atoms with Crippen LogP contribution in [0.15, 0.2) is 52.3 Å². The Morgan fingerprint density at radius 2 is 2.00 bits per heavy atom. The summed E-state index contributed by atoms with van der Waals surface area (Å²) in [6.45, 7) is 2.38. The Morgan fingerprint density at radius 1 is 1.23 bits per heavy atom. The monoisotopic (exact) mass is 369 g/mol. The topological polar surface area (TPSA) is 58.4 Å². The van der Waals surface area contributed by atoms with Crippen molar-refractivity contribution in [2.75, 3.05) is 20.6 Å². The van der Waals surface area contributed by atoms with Gasteiger partial charge in [0.1, 0.15) is 17.2 Å². The Kier molecular flexibility index (Phi) is 5.85. The lowest BCUT2D eigenvalue weighted by atomic mass is 10.2. The summed E-state index contributed by atoms with van der Waals surface area (Å²) in [5.41, 5.74) is 1.66. The molecule has 0 aliphatic rings. The molecule has 0 bridgehead atoms. The number of nitrogens with one attached hydrogen (secondary N) is 1. The molecule has 1 amide bonds. The van der Waals surface area contributed by atoms with Crippen LogP contribution in [0.4, 0.5) is 0 Å². The molecule has 0 spiro atoms. The van der Waals surface area contributed by atoms with Crippen LogP contribution < -0.4 is 5.32 Å². The molecule has 1 aromatic carbocycles. The third-order valence-corrected chi connectivity index (χ3v) is 5.00. The standard InChI is InChI=1S/C20H23N3O2S/c1-14-9-10-18(25-14)17(23(2)3)12-21-20(24)16-13-26-19(22-16)11-15-7-5-4-6-8-15/h4-10,13,17H,11-12H2,1-3H3,(H,21,24)/t17-/m1/s1. The average Bonchev–Trinajstić information content (AvgIpc) is 3.25. The average molecular weight is 369 g/mol. The number of carbonyl (C=O) groups excluding carboxylic acids is 1. The van der Waals surface area contributed by atoms with Gasteiger partial charge in [0.05, 0.1) is 11.0 Å². The van der Waals surface area contributed by atoms with E-state index < -0.39 is 0 Å². The summed E-state index contributed by atoms with van der Waals surface area (Å²) >= 11 is 1.51. The molecule has 0 radical (unpaired) electrons. The largest absolute Gasteiger partial charge is 0.465 e. The molecule has 2 heterocycles. The summed E-state index contributed by atoms with van der Waals surface area (Å²) < 4.78 is 5.71. The normalized spacial score (nSPS) is 12.3. The fourth-order valence-corrected chi connectivity index (χ4v) is 3.53. The van der Waals surface area contributed by atoms with E-state index in [0.717, 1.165) is 22.9 Å². The number of amides is 1. The molecule has 0 unspecified atom stereocenters. The van der Waals surface area contributed by atoms with E-state index >= 15 is 0 Å². The summed E-state index contributed by atoms with van der Waals surface area (Å²) in [7, 11) is 3.94. The maximum absolute atomic E-state index is 12.5. The second-order valence-electron chi connectivity index (χ2n) is 6.43. The molecule has 3 aromatic rings. The minimum atomic E-state index is -0.157. The van der Waals surface area contributed by atoms with Gasteiger partial charge in [-0.2, -0.15) is 0 Å². The highest BCUT2D eigenvalue weighted by molar-refractivity contribution is 7.09. The number of furan rings is 1. The Labute approximate surface area is 157 Å². The number of carbonyl (C=O) groups is 1. The quantitative estimate of drug-likeness (QED) is 0.690. The van der Waals surface area contributed by atoms with E-state index in [0.29, 0.717) is 12.2 Å². The van der Waals surface area contributed by atoms with Gasteiger partial charge >= 0.3 is 0 Å². The van der Waals surface area contributed by atoms with Gasteiger partial charge in [-0.3, -0.25) is 9.69 Å². The molecule has 5 nitrogen and oxygen atoms in total. The van der Waals surface area contributed by atoms with E-state index in [1.54, 1.807) is 0 Å². The van der Waals surface area contributed by atoms with E-state index in [1.165, 1.54) is 16.9 Å². The van der Waals surface area contributed by atoms with Gasteiger partial charge in [0.25, 0.3) is 5.91 Å². The second-order valence-corrected chi connectivity index (χ2v) is 7.37. The Hall–Kier alpha value is -2.44. The maximum Gasteiger partial charge on any atom is 0.270 e. The number of hydrogen-bond acceptors (Lipinski definition) is 5. The van der Waals surface area contributed by atoms with Gasteiger partial charge in [-0.1, -0.05) is 30.3 Å². The minimum absolute atomic E-state index is 0.0184. The minimum Gasteiger partial charge on any atom is -0.465 e. The number of aryl methyl sites for hydroxylation is 1. The number of benzene rings is 1. The highest BCUT2D eigenvalue weighted by Gasteiger charge is 2.20. The van der Waals surface area contributed by atoms with E-state index in [2.05, 4.69) is 22.4 Å². The van der Waals surface area contributed by atoms with Gasteiger partial charge in [-0.25, -0.2) is 4.98 Å². The zero-order chi connectivity index (χ0) is 18.5. The fourth-order valence-electron chi connectivity index (χ4n) is 2.72. The van der Waals surface area contributed by atoms with Gasteiger partial charge in [0.15, 0.2) is 0 Å². The summed E-state index contributed by atoms with van der Waals surface area (Å²) in [6.07, 6.45) is 0.741. The first-order valence-corrected chi connectivity index (χ1v) is 9.40. The van der Waals surface area contributed by atoms with E-state index in [1.807, 2.05) is 61.6 Å². The van der Waals surface area contributed by atoms with Gasteiger partial charge in [0, 0.05) is 18.3 Å². The first-order chi connectivity index (χ1) is 12.5. The van der Waals surface area contributed by atoms with Crippen molar-refractivity contribution in [1.29, 1.82) is 0 Å². The van der Waals surface area contributed by atoms with Gasteiger partial charge in [-0.05, 0) is 38.7 Å². The van der Waals surface area contributed by atoms with Gasteiger partial charge in [0.2, 0.25) is 0 Å². The van der Waals surface area contributed by atoms with Crippen LogP contribution >= 0.6 is 11.3 Å². The van der Waals surface area contributed by atoms with Crippen molar-refractivity contribution in [2.24, 2.45) is 0 Å². The lowest BCUT2D eigenvalue weighted by molar-refractivity contribution is 0.0934. The van der Waals surface area contributed by atoms with Crippen LogP contribution in [0.3, 0.4) is 0 Å². The molecule has 6 heteroatoms. The van der Waals surface area contributed by atoms with Crippen molar-refractivity contribution in [1.82, 2.24) is 15.2 Å². The Bertz CT molecular complexity index is 855. The van der Waals surface area contributed by atoms with Crippen LogP contribution in [0.5, 0.6) is 0 Å². The molecule has 0 saturated heterocycles. The van der Waals surface area contributed by atoms with Crippen LogP contribution in [0.1, 0.15) is 38.6 Å². The molecule has 1 N–H and O–H groups in total. The third kappa shape index (κ3) is 4.59. The molecule has 26 heavy (non-hydrogen) atoms. The van der Waals surface area contributed by atoms with Crippen LogP contribution in [0.25, 0.3) is 0 Å². The first kappa shape index (κ1) is 18.4. The number of thiazole rings is 1. The molecule has 0 aliphatic heterocycles.